The lowest BCUT2D eigenvalue weighted by molar-refractivity contribution is -0.144. The molecule has 0 saturated heterocycles. The van der Waals surface area contributed by atoms with E-state index in [0.717, 1.165) is 5.69 Å². The first-order chi connectivity index (χ1) is 7.58. The molecule has 2 heterocycles. The van der Waals surface area contributed by atoms with Crippen LogP contribution in [0.4, 0.5) is 0 Å². The Kier molecular flexibility index (Phi) is 2.52. The highest BCUT2D eigenvalue weighted by Crippen LogP contribution is 2.19. The summed E-state index contributed by atoms with van der Waals surface area (Å²) in [6.07, 6.45) is 2.81. The lowest BCUT2D eigenvalue weighted by atomic mass is 10.4. The summed E-state index contributed by atoms with van der Waals surface area (Å²) in [5, 5.41) is 8.77. The van der Waals surface area contributed by atoms with E-state index >= 15 is 0 Å². The van der Waals surface area contributed by atoms with Crippen LogP contribution in [-0.2, 0) is 4.79 Å². The maximum Gasteiger partial charge on any atom is 0.344 e. The number of nitrogens with zero attached hydrogens (tertiary/aromatic N) is 2. The van der Waals surface area contributed by atoms with Crippen molar-refractivity contribution in [3.63, 3.8) is 0 Å². The molecule has 0 fully saturated rings. The Morgan fingerprint density at radius 3 is 3.06 bits per heavy atom. The monoisotopic (exact) mass is 220 g/mol. The molecule has 5 nitrogen and oxygen atoms in total. The van der Waals surface area contributed by atoms with Gasteiger partial charge in [0.25, 0.3) is 0 Å². The number of carboxylic acid groups (broad SMARTS) is 1. The van der Waals surface area contributed by atoms with E-state index in [0.29, 0.717) is 11.4 Å². The van der Waals surface area contributed by atoms with Crippen LogP contribution in [0.2, 0.25) is 0 Å². The van der Waals surface area contributed by atoms with E-state index in [1.165, 1.54) is 6.92 Å². The van der Waals surface area contributed by atoms with Gasteiger partial charge in [0, 0.05) is 12.4 Å². The van der Waals surface area contributed by atoms with Gasteiger partial charge in [0.15, 0.2) is 17.5 Å². The molecule has 0 bridgehead atoms. The van der Waals surface area contributed by atoms with E-state index in [1.54, 1.807) is 16.5 Å². The molecule has 5 heteroatoms. The predicted molar refractivity (Wildman–Crippen MR) is 57.7 cm³/mol. The van der Waals surface area contributed by atoms with E-state index in [2.05, 4.69) is 4.98 Å². The number of pyridine rings is 1. The molecule has 16 heavy (non-hydrogen) atoms. The number of aromatic nitrogens is 2. The van der Waals surface area contributed by atoms with Gasteiger partial charge >= 0.3 is 5.97 Å². The summed E-state index contributed by atoms with van der Waals surface area (Å²) in [6, 6.07) is 3.50. The fourth-order valence-corrected chi connectivity index (χ4v) is 1.44. The molecule has 2 aromatic rings. The molecule has 0 saturated carbocycles. The Hall–Kier alpha value is -2.04. The predicted octanol–water partition coefficient (Wildman–Crippen LogP) is 1.49. The van der Waals surface area contributed by atoms with Crippen LogP contribution in [0.25, 0.3) is 5.65 Å². The van der Waals surface area contributed by atoms with Crippen LogP contribution in [0.5, 0.6) is 5.75 Å². The smallest absolute Gasteiger partial charge is 0.344 e. The van der Waals surface area contributed by atoms with Crippen LogP contribution in [0.1, 0.15) is 12.6 Å². The molecule has 84 valence electrons. The third-order valence-corrected chi connectivity index (χ3v) is 2.22. The van der Waals surface area contributed by atoms with E-state index in [9.17, 15) is 4.79 Å². The Labute approximate surface area is 92.3 Å². The van der Waals surface area contributed by atoms with Crippen molar-refractivity contribution in [2.45, 2.75) is 20.0 Å². The standard InChI is InChI=1S/C11H12N2O3/c1-7-6-13-5-3-4-9(10(13)12-7)16-8(2)11(14)15/h3-6,8H,1-2H3,(H,14,15). The van der Waals surface area contributed by atoms with Crippen LogP contribution in [0, 0.1) is 6.92 Å². The summed E-state index contributed by atoms with van der Waals surface area (Å²) >= 11 is 0. The lowest BCUT2D eigenvalue weighted by Gasteiger charge is -2.10. The second-order valence-electron chi connectivity index (χ2n) is 3.58. The summed E-state index contributed by atoms with van der Waals surface area (Å²) in [5.74, 6) is -0.518. The van der Waals surface area contributed by atoms with Gasteiger partial charge in [-0.2, -0.15) is 0 Å². The SMILES string of the molecule is Cc1cn2cccc(OC(C)C(=O)O)c2n1. The highest BCUT2D eigenvalue weighted by Gasteiger charge is 2.14. The maximum absolute atomic E-state index is 10.7. The number of aryl methyl sites for hydroxylation is 1. The topological polar surface area (TPSA) is 63.8 Å². The van der Waals surface area contributed by atoms with Crippen molar-refractivity contribution in [3.8, 4) is 5.75 Å². The van der Waals surface area contributed by atoms with Crippen LogP contribution < -0.4 is 4.74 Å². The van der Waals surface area contributed by atoms with Gasteiger partial charge in [-0.05, 0) is 26.0 Å². The molecule has 0 amide bonds. The van der Waals surface area contributed by atoms with E-state index in [1.807, 2.05) is 19.3 Å². The van der Waals surface area contributed by atoms with Crippen molar-refractivity contribution in [2.75, 3.05) is 0 Å². The quantitative estimate of drug-likeness (QED) is 0.851. The van der Waals surface area contributed by atoms with Crippen LogP contribution in [0.15, 0.2) is 24.5 Å². The molecule has 1 atom stereocenters. The van der Waals surface area contributed by atoms with Gasteiger partial charge in [-0.3, -0.25) is 0 Å². The zero-order valence-electron chi connectivity index (χ0n) is 9.04. The van der Waals surface area contributed by atoms with Gasteiger partial charge in [0.05, 0.1) is 5.69 Å². The number of carboxylic acids is 1. The minimum atomic E-state index is -0.995. The largest absolute Gasteiger partial charge is 0.479 e. The third-order valence-electron chi connectivity index (χ3n) is 2.22. The normalized spacial score (nSPS) is 12.6. The molecule has 0 spiro atoms. The van der Waals surface area contributed by atoms with Crippen LogP contribution in [0.3, 0.4) is 0 Å². The van der Waals surface area contributed by atoms with E-state index < -0.39 is 12.1 Å². The van der Waals surface area contributed by atoms with Gasteiger partial charge in [0.2, 0.25) is 0 Å². The first-order valence-electron chi connectivity index (χ1n) is 4.91. The highest BCUT2D eigenvalue weighted by molar-refractivity contribution is 5.72. The fraction of sp³-hybridized carbons (Fsp3) is 0.273. The molecule has 1 unspecified atom stereocenters. The van der Waals surface area contributed by atoms with E-state index in [-0.39, 0.29) is 0 Å². The molecule has 1 N–H and O–H groups in total. The Balaban J connectivity index is 2.40. The molecule has 0 radical (unpaired) electrons. The molecule has 2 rings (SSSR count). The molecular weight excluding hydrogens is 208 g/mol. The Morgan fingerprint density at radius 2 is 2.38 bits per heavy atom. The number of ether oxygens (including phenoxy) is 1. The van der Waals surface area contributed by atoms with Crippen molar-refractivity contribution in [2.24, 2.45) is 0 Å². The molecule has 0 aliphatic rings. The number of rotatable bonds is 3. The number of imidazole rings is 1. The summed E-state index contributed by atoms with van der Waals surface area (Å²) in [5.41, 5.74) is 1.49. The van der Waals surface area contributed by atoms with Crippen molar-refractivity contribution in [3.05, 3.63) is 30.2 Å². The van der Waals surface area contributed by atoms with E-state index in [4.69, 9.17) is 9.84 Å². The number of carbonyl (C=O) groups is 1. The zero-order valence-corrected chi connectivity index (χ0v) is 9.04. The summed E-state index contributed by atoms with van der Waals surface area (Å²) < 4.78 is 7.12. The second kappa shape index (κ2) is 3.84. The van der Waals surface area contributed by atoms with Crippen molar-refractivity contribution < 1.29 is 14.6 Å². The number of hydrogen-bond donors (Lipinski definition) is 1. The Morgan fingerprint density at radius 1 is 1.62 bits per heavy atom. The fourth-order valence-electron chi connectivity index (χ4n) is 1.44. The summed E-state index contributed by atoms with van der Waals surface area (Å²) in [4.78, 5) is 15.0. The molecule has 2 aromatic heterocycles. The van der Waals surface area contributed by atoms with Gasteiger partial charge < -0.3 is 14.2 Å². The van der Waals surface area contributed by atoms with Crippen LogP contribution >= 0.6 is 0 Å². The van der Waals surface area contributed by atoms with Crippen molar-refractivity contribution >= 4 is 11.6 Å². The lowest BCUT2D eigenvalue weighted by Crippen LogP contribution is -2.23. The maximum atomic E-state index is 10.7. The zero-order chi connectivity index (χ0) is 11.7. The van der Waals surface area contributed by atoms with Gasteiger partial charge in [-0.1, -0.05) is 0 Å². The Bertz CT molecular complexity index is 533. The molecule has 0 aliphatic carbocycles. The van der Waals surface area contributed by atoms with Crippen LogP contribution in [-0.4, -0.2) is 26.6 Å². The van der Waals surface area contributed by atoms with Crippen molar-refractivity contribution in [1.29, 1.82) is 0 Å². The van der Waals surface area contributed by atoms with Gasteiger partial charge in [-0.15, -0.1) is 0 Å². The number of aliphatic carboxylic acids is 1. The summed E-state index contributed by atoms with van der Waals surface area (Å²) in [6.45, 7) is 3.36. The number of hydrogen-bond acceptors (Lipinski definition) is 3. The summed E-state index contributed by atoms with van der Waals surface area (Å²) in [7, 11) is 0. The third kappa shape index (κ3) is 1.84. The molecular formula is C11H12N2O3. The van der Waals surface area contributed by atoms with Crippen molar-refractivity contribution in [1.82, 2.24) is 9.38 Å². The minimum Gasteiger partial charge on any atom is -0.479 e. The number of fused-ring (bicyclic) bond motifs is 1. The van der Waals surface area contributed by atoms with Gasteiger partial charge in [0.1, 0.15) is 0 Å². The highest BCUT2D eigenvalue weighted by atomic mass is 16.5. The first kappa shape index (κ1) is 10.5. The van der Waals surface area contributed by atoms with Gasteiger partial charge in [-0.25, -0.2) is 9.78 Å². The first-order valence-corrected chi connectivity index (χ1v) is 4.91. The second-order valence-corrected chi connectivity index (χ2v) is 3.58. The molecule has 0 aromatic carbocycles. The average molecular weight is 220 g/mol. The average Bonchev–Trinajstić information content (AvgIpc) is 2.59. The molecule has 0 aliphatic heterocycles. The minimum absolute atomic E-state index is 0.477.